The summed E-state index contributed by atoms with van der Waals surface area (Å²) in [6.45, 7) is 3.42. The smallest absolute Gasteiger partial charge is 0.257 e. The molecule has 3 heterocycles. The van der Waals surface area contributed by atoms with Gasteiger partial charge in [-0.25, -0.2) is 4.98 Å². The fourth-order valence-corrected chi connectivity index (χ4v) is 4.24. The number of aromatic nitrogens is 4. The second-order valence-electron chi connectivity index (χ2n) is 7.38. The van der Waals surface area contributed by atoms with Crippen molar-refractivity contribution in [2.75, 3.05) is 18.4 Å². The third-order valence-electron chi connectivity index (χ3n) is 5.44. The Hall–Kier alpha value is -2.64. The number of rotatable bonds is 5. The molecule has 0 bridgehead atoms. The van der Waals surface area contributed by atoms with E-state index in [0.717, 1.165) is 18.7 Å². The van der Waals surface area contributed by atoms with Crippen LogP contribution in [0.2, 0.25) is 10.0 Å². The highest BCUT2D eigenvalue weighted by atomic mass is 35.5. The molecule has 7 nitrogen and oxygen atoms in total. The van der Waals surface area contributed by atoms with Gasteiger partial charge in [0, 0.05) is 19.3 Å². The number of pyridine rings is 1. The van der Waals surface area contributed by atoms with Crippen molar-refractivity contribution >= 4 is 34.9 Å². The van der Waals surface area contributed by atoms with Crippen molar-refractivity contribution in [1.29, 1.82) is 0 Å². The summed E-state index contributed by atoms with van der Waals surface area (Å²) in [6, 6.07) is 8.94. The monoisotopic (exact) mass is 444 g/mol. The van der Waals surface area contributed by atoms with E-state index in [0.29, 0.717) is 40.3 Å². The summed E-state index contributed by atoms with van der Waals surface area (Å²) >= 11 is 12.4. The average Bonchev–Trinajstić information content (AvgIpc) is 3.28. The number of halogens is 2. The van der Waals surface area contributed by atoms with Crippen LogP contribution in [0.25, 0.3) is 5.69 Å². The summed E-state index contributed by atoms with van der Waals surface area (Å²) in [6.07, 6.45) is 6.75. The molecule has 3 aromatic rings. The third kappa shape index (κ3) is 4.27. The average molecular weight is 445 g/mol. The first kappa shape index (κ1) is 20.6. The second kappa shape index (κ2) is 9.02. The van der Waals surface area contributed by atoms with E-state index in [-0.39, 0.29) is 11.9 Å². The van der Waals surface area contributed by atoms with Crippen LogP contribution in [0.5, 0.6) is 0 Å². The lowest BCUT2D eigenvalue weighted by molar-refractivity contribution is 0.0540. The molecule has 1 aliphatic rings. The van der Waals surface area contributed by atoms with E-state index in [4.69, 9.17) is 23.2 Å². The number of hydrogen-bond donors (Lipinski definition) is 1. The van der Waals surface area contributed by atoms with Crippen LogP contribution < -0.4 is 5.32 Å². The Morgan fingerprint density at radius 3 is 2.73 bits per heavy atom. The summed E-state index contributed by atoms with van der Waals surface area (Å²) in [5.74, 6) is 0.940. The quantitative estimate of drug-likeness (QED) is 0.633. The van der Waals surface area contributed by atoms with Crippen molar-refractivity contribution in [3.8, 4) is 5.69 Å². The first-order valence-corrected chi connectivity index (χ1v) is 10.6. The summed E-state index contributed by atoms with van der Waals surface area (Å²) < 4.78 is 0. The lowest BCUT2D eigenvalue weighted by atomic mass is 9.90. The van der Waals surface area contributed by atoms with Gasteiger partial charge in [-0.3, -0.25) is 4.79 Å². The first-order valence-electron chi connectivity index (χ1n) is 9.86. The molecule has 1 fully saturated rings. The highest BCUT2D eigenvalue weighted by Crippen LogP contribution is 2.30. The van der Waals surface area contributed by atoms with Gasteiger partial charge in [-0.15, -0.1) is 0 Å². The van der Waals surface area contributed by atoms with Gasteiger partial charge >= 0.3 is 0 Å². The van der Waals surface area contributed by atoms with Gasteiger partial charge in [-0.1, -0.05) is 36.2 Å². The Balaban J connectivity index is 1.61. The van der Waals surface area contributed by atoms with Crippen molar-refractivity contribution in [1.82, 2.24) is 24.9 Å². The predicted molar refractivity (Wildman–Crippen MR) is 117 cm³/mol. The molecule has 1 aromatic carbocycles. The first-order chi connectivity index (χ1) is 14.5. The summed E-state index contributed by atoms with van der Waals surface area (Å²) in [7, 11) is 0. The van der Waals surface area contributed by atoms with Crippen LogP contribution >= 0.6 is 23.2 Å². The zero-order chi connectivity index (χ0) is 21.1. The molecule has 1 amide bonds. The van der Waals surface area contributed by atoms with Crippen LogP contribution in [0, 0.1) is 5.92 Å². The van der Waals surface area contributed by atoms with E-state index < -0.39 is 0 Å². The maximum absolute atomic E-state index is 13.7. The van der Waals surface area contributed by atoms with Crippen molar-refractivity contribution in [2.45, 2.75) is 25.8 Å². The van der Waals surface area contributed by atoms with Crippen LogP contribution in [-0.4, -0.2) is 49.9 Å². The highest BCUT2D eigenvalue weighted by molar-refractivity contribution is 6.34. The molecule has 156 valence electrons. The zero-order valence-corrected chi connectivity index (χ0v) is 18.0. The van der Waals surface area contributed by atoms with Crippen LogP contribution in [-0.2, 0) is 0 Å². The summed E-state index contributed by atoms with van der Waals surface area (Å²) in [5, 5.41) is 12.7. The van der Waals surface area contributed by atoms with Gasteiger partial charge in [0.1, 0.15) is 5.82 Å². The molecular formula is C21H22Cl2N6O. The van der Waals surface area contributed by atoms with Crippen molar-refractivity contribution in [3.05, 3.63) is 64.5 Å². The summed E-state index contributed by atoms with van der Waals surface area (Å²) in [5.41, 5.74) is 0.987. The minimum absolute atomic E-state index is 0.00145. The maximum Gasteiger partial charge on any atom is 0.257 e. The van der Waals surface area contributed by atoms with Crippen molar-refractivity contribution in [2.24, 2.45) is 5.92 Å². The number of carbonyl (C=O) groups is 1. The molecule has 0 aliphatic carbocycles. The molecule has 1 saturated heterocycles. The van der Waals surface area contributed by atoms with Crippen molar-refractivity contribution in [3.63, 3.8) is 0 Å². The van der Waals surface area contributed by atoms with E-state index in [1.54, 1.807) is 42.9 Å². The zero-order valence-electron chi connectivity index (χ0n) is 16.5. The lowest BCUT2D eigenvalue weighted by Gasteiger charge is -2.40. The van der Waals surface area contributed by atoms with Gasteiger partial charge in [0.05, 0.1) is 39.7 Å². The second-order valence-corrected chi connectivity index (χ2v) is 8.22. The molecule has 1 aliphatic heterocycles. The Morgan fingerprint density at radius 2 is 2.00 bits per heavy atom. The molecule has 2 atom stereocenters. The van der Waals surface area contributed by atoms with Crippen LogP contribution in [0.1, 0.15) is 30.1 Å². The van der Waals surface area contributed by atoms with E-state index in [2.05, 4.69) is 27.4 Å². The largest absolute Gasteiger partial charge is 0.368 e. The molecular weight excluding hydrogens is 423 g/mol. The van der Waals surface area contributed by atoms with Gasteiger partial charge in [-0.05, 0) is 43.0 Å². The Bertz CT molecular complexity index is 1010. The molecule has 2 unspecified atom stereocenters. The standard InChI is InChI=1S/C21H22Cl2N6O/c1-14-4-3-11-28(18(14)13-25-19-8-7-15(22)12-24-19)21(30)20-16(23)5-2-6-17(20)29-26-9-10-27-29/h2,5-10,12,14,18H,3-4,11,13H2,1H3,(H,24,25). The molecule has 0 saturated carbocycles. The van der Waals surface area contributed by atoms with E-state index in [1.807, 2.05) is 11.0 Å². The molecule has 30 heavy (non-hydrogen) atoms. The molecule has 9 heteroatoms. The highest BCUT2D eigenvalue weighted by Gasteiger charge is 2.34. The number of amides is 1. The van der Waals surface area contributed by atoms with E-state index in [9.17, 15) is 4.79 Å². The number of anilines is 1. The summed E-state index contributed by atoms with van der Waals surface area (Å²) in [4.78, 5) is 21.3. The van der Waals surface area contributed by atoms with Crippen molar-refractivity contribution < 1.29 is 4.79 Å². The fourth-order valence-electron chi connectivity index (χ4n) is 3.88. The third-order valence-corrected chi connectivity index (χ3v) is 5.97. The lowest BCUT2D eigenvalue weighted by Crippen LogP contribution is -2.51. The topological polar surface area (TPSA) is 75.9 Å². The predicted octanol–water partition coefficient (Wildman–Crippen LogP) is 4.32. The van der Waals surface area contributed by atoms with Gasteiger partial charge in [0.15, 0.2) is 0 Å². The van der Waals surface area contributed by atoms with E-state index in [1.165, 1.54) is 4.80 Å². The number of piperidine rings is 1. The molecule has 0 spiro atoms. The van der Waals surface area contributed by atoms with Gasteiger partial charge in [0.2, 0.25) is 0 Å². The normalized spacial score (nSPS) is 19.0. The van der Waals surface area contributed by atoms with Gasteiger partial charge in [0.25, 0.3) is 5.91 Å². The van der Waals surface area contributed by atoms with Crippen LogP contribution in [0.4, 0.5) is 5.82 Å². The van der Waals surface area contributed by atoms with E-state index >= 15 is 0 Å². The number of benzene rings is 1. The number of hydrogen-bond acceptors (Lipinski definition) is 5. The van der Waals surface area contributed by atoms with Crippen LogP contribution in [0.3, 0.4) is 0 Å². The number of nitrogens with zero attached hydrogens (tertiary/aromatic N) is 5. The number of carbonyl (C=O) groups excluding carboxylic acids is 1. The number of nitrogens with one attached hydrogen (secondary N) is 1. The molecule has 0 radical (unpaired) electrons. The molecule has 2 aromatic heterocycles. The van der Waals surface area contributed by atoms with Crippen LogP contribution in [0.15, 0.2) is 48.9 Å². The maximum atomic E-state index is 13.7. The Kier molecular flexibility index (Phi) is 6.20. The minimum Gasteiger partial charge on any atom is -0.368 e. The molecule has 1 N–H and O–H groups in total. The SMILES string of the molecule is CC1CCCN(C(=O)c2c(Cl)cccc2-n2nccn2)C1CNc1ccc(Cl)cn1. The minimum atomic E-state index is -0.115. The Labute approximate surface area is 185 Å². The fraction of sp³-hybridized carbons (Fsp3) is 0.333. The van der Waals surface area contributed by atoms with Gasteiger partial charge in [-0.2, -0.15) is 15.0 Å². The molecule has 4 rings (SSSR count). The van der Waals surface area contributed by atoms with Gasteiger partial charge < -0.3 is 10.2 Å². The Morgan fingerprint density at radius 1 is 1.20 bits per heavy atom. The number of likely N-dealkylation sites (tertiary alicyclic amines) is 1.